The van der Waals surface area contributed by atoms with Crippen molar-refractivity contribution < 1.29 is 17.9 Å². The minimum Gasteiger partial charge on any atom is -0.381 e. The van der Waals surface area contributed by atoms with Crippen LogP contribution in [0.1, 0.15) is 30.1 Å². The van der Waals surface area contributed by atoms with E-state index < -0.39 is 10.0 Å². The molecule has 1 atom stereocenters. The quantitative estimate of drug-likeness (QED) is 0.782. The number of sulfonamides is 1. The number of carbonyl (C=O) groups excluding carboxylic acids is 1. The molecule has 2 rings (SSSR count). The molecule has 1 aliphatic heterocycles. The molecule has 1 aromatic carbocycles. The van der Waals surface area contributed by atoms with Crippen LogP contribution in [0.15, 0.2) is 29.2 Å². The van der Waals surface area contributed by atoms with Gasteiger partial charge in [0, 0.05) is 39.4 Å². The van der Waals surface area contributed by atoms with Crippen molar-refractivity contribution in [2.24, 2.45) is 5.92 Å². The van der Waals surface area contributed by atoms with Crippen LogP contribution in [0, 0.1) is 5.92 Å². The zero-order valence-corrected chi connectivity index (χ0v) is 15.4. The van der Waals surface area contributed by atoms with E-state index in [1.54, 1.807) is 12.1 Å². The van der Waals surface area contributed by atoms with E-state index in [2.05, 4.69) is 0 Å². The number of rotatable bonds is 6. The highest BCUT2D eigenvalue weighted by Crippen LogP contribution is 2.20. The van der Waals surface area contributed by atoms with Crippen LogP contribution in [0.5, 0.6) is 0 Å². The van der Waals surface area contributed by atoms with E-state index in [1.807, 2.05) is 11.8 Å². The average molecular weight is 354 g/mol. The summed E-state index contributed by atoms with van der Waals surface area (Å²) in [5, 5.41) is 0. The molecule has 1 unspecified atom stereocenters. The van der Waals surface area contributed by atoms with Crippen LogP contribution in [0.25, 0.3) is 0 Å². The maximum absolute atomic E-state index is 12.6. The van der Waals surface area contributed by atoms with Crippen molar-refractivity contribution in [3.8, 4) is 0 Å². The second-order valence-electron chi connectivity index (χ2n) is 6.23. The molecule has 1 heterocycles. The average Bonchev–Trinajstić information content (AvgIpc) is 2.59. The SMILES string of the molecule is CCOCC1CCCN(C(=O)c2ccc(S(=O)(=O)N(C)C)cc2)C1. The molecule has 1 fully saturated rings. The van der Waals surface area contributed by atoms with Crippen LogP contribution in [0.3, 0.4) is 0 Å². The Morgan fingerprint density at radius 3 is 2.54 bits per heavy atom. The largest absolute Gasteiger partial charge is 0.381 e. The third-order valence-corrected chi connectivity index (χ3v) is 6.07. The summed E-state index contributed by atoms with van der Waals surface area (Å²) in [5.74, 6) is 0.320. The lowest BCUT2D eigenvalue weighted by Crippen LogP contribution is -2.41. The molecule has 0 spiro atoms. The summed E-state index contributed by atoms with van der Waals surface area (Å²) in [7, 11) is -0.498. The first-order chi connectivity index (χ1) is 11.4. The van der Waals surface area contributed by atoms with Crippen molar-refractivity contribution >= 4 is 15.9 Å². The lowest BCUT2D eigenvalue weighted by Gasteiger charge is -2.32. The summed E-state index contributed by atoms with van der Waals surface area (Å²) in [4.78, 5) is 14.7. The topological polar surface area (TPSA) is 66.9 Å². The number of ether oxygens (including phenoxy) is 1. The first kappa shape index (κ1) is 18.9. The number of benzene rings is 1. The molecule has 0 N–H and O–H groups in total. The van der Waals surface area contributed by atoms with Gasteiger partial charge in [-0.2, -0.15) is 0 Å². The normalized spacial score (nSPS) is 18.8. The molecule has 0 aromatic heterocycles. The Bertz CT molecular complexity index is 656. The molecule has 0 bridgehead atoms. The third-order valence-electron chi connectivity index (χ3n) is 4.24. The summed E-state index contributed by atoms with van der Waals surface area (Å²) in [6.07, 6.45) is 2.04. The van der Waals surface area contributed by atoms with Gasteiger partial charge in [0.25, 0.3) is 5.91 Å². The van der Waals surface area contributed by atoms with Crippen molar-refractivity contribution in [2.75, 3.05) is 40.4 Å². The van der Waals surface area contributed by atoms with Gasteiger partial charge in [0.05, 0.1) is 11.5 Å². The summed E-state index contributed by atoms with van der Waals surface area (Å²) < 4.78 is 30.8. The van der Waals surface area contributed by atoms with E-state index in [1.165, 1.54) is 26.2 Å². The van der Waals surface area contributed by atoms with Gasteiger partial charge in [0.1, 0.15) is 0 Å². The Kier molecular flexibility index (Phi) is 6.37. The zero-order chi connectivity index (χ0) is 17.7. The maximum Gasteiger partial charge on any atom is 0.253 e. The van der Waals surface area contributed by atoms with E-state index in [-0.39, 0.29) is 10.8 Å². The van der Waals surface area contributed by atoms with Gasteiger partial charge >= 0.3 is 0 Å². The van der Waals surface area contributed by atoms with E-state index in [0.717, 1.165) is 23.7 Å². The third kappa shape index (κ3) is 4.34. The van der Waals surface area contributed by atoms with Crippen molar-refractivity contribution in [3.63, 3.8) is 0 Å². The van der Waals surface area contributed by atoms with Crippen LogP contribution >= 0.6 is 0 Å². The molecule has 6 nitrogen and oxygen atoms in total. The summed E-state index contributed by atoms with van der Waals surface area (Å²) in [6.45, 7) is 4.76. The van der Waals surface area contributed by atoms with Crippen molar-refractivity contribution in [1.29, 1.82) is 0 Å². The van der Waals surface area contributed by atoms with Gasteiger partial charge in [-0.05, 0) is 49.9 Å². The molecule has 0 aliphatic carbocycles. The van der Waals surface area contributed by atoms with E-state index in [4.69, 9.17) is 4.74 Å². The number of hydrogen-bond donors (Lipinski definition) is 0. The fourth-order valence-corrected chi connectivity index (χ4v) is 3.73. The highest BCUT2D eigenvalue weighted by molar-refractivity contribution is 7.89. The lowest BCUT2D eigenvalue weighted by atomic mass is 9.98. The molecule has 1 aliphatic rings. The number of likely N-dealkylation sites (tertiary alicyclic amines) is 1. The second kappa shape index (κ2) is 8.09. The van der Waals surface area contributed by atoms with Crippen LogP contribution in [-0.2, 0) is 14.8 Å². The monoisotopic (exact) mass is 354 g/mol. The molecular formula is C17H26N2O4S. The van der Waals surface area contributed by atoms with Gasteiger partial charge in [0.2, 0.25) is 10.0 Å². The van der Waals surface area contributed by atoms with Crippen molar-refractivity contribution in [3.05, 3.63) is 29.8 Å². The van der Waals surface area contributed by atoms with Crippen LogP contribution in [-0.4, -0.2) is 63.9 Å². The van der Waals surface area contributed by atoms with Gasteiger partial charge in [-0.1, -0.05) is 0 Å². The summed E-state index contributed by atoms with van der Waals surface area (Å²) in [6, 6.07) is 6.16. The number of piperidine rings is 1. The van der Waals surface area contributed by atoms with E-state index >= 15 is 0 Å². The molecule has 7 heteroatoms. The van der Waals surface area contributed by atoms with Gasteiger partial charge in [-0.15, -0.1) is 0 Å². The van der Waals surface area contributed by atoms with Crippen LogP contribution in [0.4, 0.5) is 0 Å². The number of carbonyl (C=O) groups is 1. The summed E-state index contributed by atoms with van der Waals surface area (Å²) >= 11 is 0. The van der Waals surface area contributed by atoms with Gasteiger partial charge in [0.15, 0.2) is 0 Å². The van der Waals surface area contributed by atoms with Crippen molar-refractivity contribution in [1.82, 2.24) is 9.21 Å². The molecule has 0 saturated carbocycles. The number of hydrogen-bond acceptors (Lipinski definition) is 4. The molecule has 1 amide bonds. The Morgan fingerprint density at radius 1 is 1.29 bits per heavy atom. The van der Waals surface area contributed by atoms with Crippen LogP contribution < -0.4 is 0 Å². The van der Waals surface area contributed by atoms with Crippen molar-refractivity contribution in [2.45, 2.75) is 24.7 Å². The van der Waals surface area contributed by atoms with E-state index in [9.17, 15) is 13.2 Å². The molecule has 1 aromatic rings. The fourth-order valence-electron chi connectivity index (χ4n) is 2.83. The van der Waals surface area contributed by atoms with Gasteiger partial charge in [-0.3, -0.25) is 4.79 Å². The molecule has 1 saturated heterocycles. The Labute approximate surface area is 144 Å². The van der Waals surface area contributed by atoms with Gasteiger partial charge in [-0.25, -0.2) is 12.7 Å². The Morgan fingerprint density at radius 2 is 1.96 bits per heavy atom. The zero-order valence-electron chi connectivity index (χ0n) is 14.6. The molecule has 0 radical (unpaired) electrons. The lowest BCUT2D eigenvalue weighted by molar-refractivity contribution is 0.0501. The first-order valence-corrected chi connectivity index (χ1v) is 9.70. The maximum atomic E-state index is 12.6. The van der Waals surface area contributed by atoms with E-state index in [0.29, 0.717) is 31.2 Å². The molecule has 24 heavy (non-hydrogen) atoms. The smallest absolute Gasteiger partial charge is 0.253 e. The Hall–Kier alpha value is -1.44. The molecule has 134 valence electrons. The number of nitrogens with zero attached hydrogens (tertiary/aromatic N) is 2. The number of amides is 1. The minimum absolute atomic E-state index is 0.0509. The highest BCUT2D eigenvalue weighted by atomic mass is 32.2. The van der Waals surface area contributed by atoms with Crippen LogP contribution in [0.2, 0.25) is 0 Å². The minimum atomic E-state index is -3.47. The fraction of sp³-hybridized carbons (Fsp3) is 0.588. The standard InChI is InChI=1S/C17H26N2O4S/c1-4-23-13-14-6-5-11-19(12-14)17(20)15-7-9-16(10-8-15)24(21,22)18(2)3/h7-10,14H,4-6,11-13H2,1-3H3. The first-order valence-electron chi connectivity index (χ1n) is 8.26. The predicted octanol–water partition coefficient (Wildman–Crippen LogP) is 1.83. The molecular weight excluding hydrogens is 328 g/mol. The Balaban J connectivity index is 2.07. The predicted molar refractivity (Wildman–Crippen MR) is 92.4 cm³/mol. The van der Waals surface area contributed by atoms with Gasteiger partial charge < -0.3 is 9.64 Å². The summed E-state index contributed by atoms with van der Waals surface area (Å²) in [5.41, 5.74) is 0.518. The second-order valence-corrected chi connectivity index (χ2v) is 8.38. The highest BCUT2D eigenvalue weighted by Gasteiger charge is 2.25.